The predicted molar refractivity (Wildman–Crippen MR) is 150 cm³/mol. The Bertz CT molecular complexity index is 1580. The summed E-state index contributed by atoms with van der Waals surface area (Å²) in [7, 11) is 0. The molecule has 0 radical (unpaired) electrons. The van der Waals surface area contributed by atoms with Gasteiger partial charge in [-0.05, 0) is 43.7 Å². The summed E-state index contributed by atoms with van der Waals surface area (Å²) in [5.41, 5.74) is 5.24. The maximum atomic E-state index is 13.3. The van der Waals surface area contributed by atoms with Crippen molar-refractivity contribution in [2.45, 2.75) is 46.8 Å². The highest BCUT2D eigenvalue weighted by Crippen LogP contribution is 2.29. The smallest absolute Gasteiger partial charge is 0.274 e. The number of ether oxygens (including phenoxy) is 1. The topological polar surface area (TPSA) is 127 Å². The van der Waals surface area contributed by atoms with E-state index in [1.165, 1.54) is 6.20 Å². The third-order valence-electron chi connectivity index (χ3n) is 6.06. The highest BCUT2D eigenvalue weighted by molar-refractivity contribution is 6.08. The van der Waals surface area contributed by atoms with E-state index in [9.17, 15) is 9.90 Å². The number of hydrogen-bond acceptors (Lipinski definition) is 7. The molecule has 0 aliphatic carbocycles. The molecule has 1 atom stereocenters. The second-order valence-electron chi connectivity index (χ2n) is 8.76. The molecule has 4 aromatic heterocycles. The van der Waals surface area contributed by atoms with Crippen molar-refractivity contribution < 1.29 is 19.7 Å². The lowest BCUT2D eigenvalue weighted by Crippen LogP contribution is -2.21. The maximum Gasteiger partial charge on any atom is 0.274 e. The molecule has 1 amide bonds. The van der Waals surface area contributed by atoms with Gasteiger partial charge in [-0.2, -0.15) is 5.10 Å². The lowest BCUT2D eigenvalue weighted by molar-refractivity contribution is 0.0536. The fraction of sp³-hybridized carbons (Fsp3) is 0.310. The average Bonchev–Trinajstić information content (AvgIpc) is 3.54. The van der Waals surface area contributed by atoms with E-state index >= 15 is 0 Å². The number of carbonyl (C=O) groups excluding carboxylic acids is 1. The molecule has 39 heavy (non-hydrogen) atoms. The third-order valence-corrected chi connectivity index (χ3v) is 6.06. The number of pyridine rings is 2. The summed E-state index contributed by atoms with van der Waals surface area (Å²) < 4.78 is 9.07. The molecule has 1 aromatic carbocycles. The number of hydrogen-bond donors (Lipinski definition) is 3. The fourth-order valence-electron chi connectivity index (χ4n) is 4.27. The van der Waals surface area contributed by atoms with E-state index in [0.29, 0.717) is 35.7 Å². The maximum absolute atomic E-state index is 13.3. The first-order valence-electron chi connectivity index (χ1n) is 13.1. The number of nitrogens with zero attached hydrogens (tertiary/aromatic N) is 5. The van der Waals surface area contributed by atoms with Crippen LogP contribution in [0.15, 0.2) is 60.9 Å². The number of anilines is 1. The third kappa shape index (κ3) is 6.08. The van der Waals surface area contributed by atoms with Crippen LogP contribution in [0.3, 0.4) is 0 Å². The summed E-state index contributed by atoms with van der Waals surface area (Å²) in [5, 5.41) is 27.2. The van der Waals surface area contributed by atoms with Crippen LogP contribution in [-0.2, 0) is 13.0 Å². The highest BCUT2D eigenvalue weighted by Gasteiger charge is 2.18. The minimum absolute atomic E-state index is 0.0435. The van der Waals surface area contributed by atoms with Gasteiger partial charge in [-0.3, -0.25) is 18.9 Å². The number of aliphatic hydroxyl groups excluding tert-OH is 2. The number of benzene rings is 1. The van der Waals surface area contributed by atoms with Gasteiger partial charge >= 0.3 is 0 Å². The van der Waals surface area contributed by atoms with Crippen LogP contribution < -0.4 is 10.1 Å². The average molecular weight is 531 g/mol. The molecule has 1 unspecified atom stereocenters. The van der Waals surface area contributed by atoms with E-state index in [1.807, 2.05) is 68.8 Å². The molecule has 10 heteroatoms. The van der Waals surface area contributed by atoms with Crippen LogP contribution in [-0.4, -0.2) is 59.6 Å². The second-order valence-corrected chi connectivity index (χ2v) is 8.76. The molecular weight excluding hydrogens is 496 g/mol. The first-order valence-corrected chi connectivity index (χ1v) is 13.1. The summed E-state index contributed by atoms with van der Waals surface area (Å²) >= 11 is 0. The lowest BCUT2D eigenvalue weighted by atomic mass is 10.1. The highest BCUT2D eigenvalue weighted by atomic mass is 16.5. The summed E-state index contributed by atoms with van der Waals surface area (Å²) in [6, 6.07) is 15.0. The van der Waals surface area contributed by atoms with Crippen molar-refractivity contribution in [3.63, 3.8) is 0 Å². The molecule has 4 heterocycles. The van der Waals surface area contributed by atoms with Gasteiger partial charge in [-0.1, -0.05) is 32.9 Å². The van der Waals surface area contributed by atoms with Gasteiger partial charge in [-0.25, -0.2) is 4.98 Å². The van der Waals surface area contributed by atoms with Crippen LogP contribution in [0.4, 0.5) is 5.69 Å². The predicted octanol–water partition coefficient (Wildman–Crippen LogP) is 4.01. The minimum Gasteiger partial charge on any atom is -0.491 e. The molecule has 0 saturated carbocycles. The van der Waals surface area contributed by atoms with Gasteiger partial charge in [0, 0.05) is 23.3 Å². The zero-order valence-corrected chi connectivity index (χ0v) is 22.6. The molecular formula is C29H34N6O4. The van der Waals surface area contributed by atoms with E-state index in [0.717, 1.165) is 28.0 Å². The molecule has 10 nitrogen and oxygen atoms in total. The van der Waals surface area contributed by atoms with E-state index in [2.05, 4.69) is 15.3 Å². The van der Waals surface area contributed by atoms with Crippen molar-refractivity contribution in [3.05, 3.63) is 83.7 Å². The number of aryl methyl sites for hydroxylation is 2. The molecule has 0 aliphatic rings. The number of aliphatic hydroxyl groups is 2. The summed E-state index contributed by atoms with van der Waals surface area (Å²) in [6.07, 6.45) is 2.93. The standard InChI is InChI=1S/C27H28N6O4.C2H6/c1-3-21-26-22(8-5-9-23(26)33(31-21)14-18-7-4-6-17(2)29-18)30-27(36)24-13-28-25-12-20(10-11-32(24)25)37-16-19(35)15-34;1-2/h4-13,19,34-35H,3,14-16H2,1-2H3,(H,30,36);1-2H3. The second kappa shape index (κ2) is 12.5. The quantitative estimate of drug-likeness (QED) is 0.263. The molecule has 5 rings (SSSR count). The van der Waals surface area contributed by atoms with Crippen molar-refractivity contribution in [1.29, 1.82) is 0 Å². The first-order chi connectivity index (χ1) is 19.0. The largest absolute Gasteiger partial charge is 0.491 e. The Labute approximate surface area is 226 Å². The van der Waals surface area contributed by atoms with Gasteiger partial charge in [0.05, 0.1) is 41.9 Å². The van der Waals surface area contributed by atoms with Gasteiger partial charge in [0.1, 0.15) is 29.8 Å². The van der Waals surface area contributed by atoms with Crippen LogP contribution in [0.2, 0.25) is 0 Å². The molecule has 5 aromatic rings. The van der Waals surface area contributed by atoms with E-state index in [1.54, 1.807) is 22.7 Å². The number of fused-ring (bicyclic) bond motifs is 2. The molecule has 204 valence electrons. The molecule has 0 bridgehead atoms. The van der Waals surface area contributed by atoms with Crippen LogP contribution >= 0.6 is 0 Å². The zero-order valence-electron chi connectivity index (χ0n) is 22.6. The Morgan fingerprint density at radius 2 is 1.95 bits per heavy atom. The summed E-state index contributed by atoms with van der Waals surface area (Å²) in [4.78, 5) is 22.2. The number of amides is 1. The zero-order chi connectivity index (χ0) is 27.9. The summed E-state index contributed by atoms with van der Waals surface area (Å²) in [6.45, 7) is 8.11. The Morgan fingerprint density at radius 1 is 1.15 bits per heavy atom. The number of nitrogens with one attached hydrogen (secondary N) is 1. The number of carbonyl (C=O) groups is 1. The van der Waals surface area contributed by atoms with Gasteiger partial charge < -0.3 is 20.3 Å². The number of imidazole rings is 1. The van der Waals surface area contributed by atoms with Crippen LogP contribution in [0.5, 0.6) is 5.75 Å². The number of aromatic nitrogens is 5. The Hall–Kier alpha value is -4.28. The normalized spacial score (nSPS) is 11.7. The van der Waals surface area contributed by atoms with Crippen LogP contribution in [0.1, 0.15) is 48.3 Å². The van der Waals surface area contributed by atoms with Crippen molar-refractivity contribution in [3.8, 4) is 5.75 Å². The van der Waals surface area contributed by atoms with Gasteiger partial charge in [0.15, 0.2) is 0 Å². The van der Waals surface area contributed by atoms with Crippen molar-refractivity contribution in [2.75, 3.05) is 18.5 Å². The molecule has 0 spiro atoms. The first kappa shape index (κ1) is 27.7. The summed E-state index contributed by atoms with van der Waals surface area (Å²) in [5.74, 6) is 0.171. The van der Waals surface area contributed by atoms with Crippen molar-refractivity contribution >= 4 is 28.1 Å². The SMILES string of the molecule is CC.CCc1nn(Cc2cccc(C)n2)c2cccc(NC(=O)c3cnc4cc(OCC(O)CO)ccn34)c12. The van der Waals surface area contributed by atoms with E-state index in [4.69, 9.17) is 14.9 Å². The van der Waals surface area contributed by atoms with Gasteiger partial charge in [0.2, 0.25) is 0 Å². The Balaban J connectivity index is 0.00000172. The van der Waals surface area contributed by atoms with Crippen molar-refractivity contribution in [1.82, 2.24) is 24.1 Å². The molecule has 3 N–H and O–H groups in total. The number of rotatable bonds is 9. The minimum atomic E-state index is -0.967. The fourth-order valence-corrected chi connectivity index (χ4v) is 4.27. The molecule has 0 aliphatic heterocycles. The van der Waals surface area contributed by atoms with Crippen LogP contribution in [0, 0.1) is 6.92 Å². The Morgan fingerprint density at radius 3 is 2.69 bits per heavy atom. The lowest BCUT2D eigenvalue weighted by Gasteiger charge is -2.10. The van der Waals surface area contributed by atoms with E-state index in [-0.39, 0.29) is 19.1 Å². The molecule has 0 saturated heterocycles. The van der Waals surface area contributed by atoms with E-state index < -0.39 is 6.10 Å². The van der Waals surface area contributed by atoms with Gasteiger partial charge in [0.25, 0.3) is 5.91 Å². The van der Waals surface area contributed by atoms with Crippen molar-refractivity contribution in [2.24, 2.45) is 0 Å². The van der Waals surface area contributed by atoms with Crippen LogP contribution in [0.25, 0.3) is 16.6 Å². The monoisotopic (exact) mass is 530 g/mol. The molecule has 0 fully saturated rings. The Kier molecular flexibility index (Phi) is 8.90. The van der Waals surface area contributed by atoms with Gasteiger partial charge in [-0.15, -0.1) is 0 Å².